The van der Waals surface area contributed by atoms with Gasteiger partial charge in [0.15, 0.2) is 19.8 Å². The summed E-state index contributed by atoms with van der Waals surface area (Å²) in [4.78, 5) is 12.7. The number of nitrogens with one attached hydrogen (secondary N) is 1. The molecule has 7 nitrogen and oxygen atoms in total. The lowest BCUT2D eigenvalue weighted by atomic mass is 10.0. The van der Waals surface area contributed by atoms with Gasteiger partial charge in [-0.1, -0.05) is 32.8 Å². The molecule has 1 aromatic carbocycles. The Morgan fingerprint density at radius 2 is 1.62 bits per heavy atom. The molecule has 0 saturated heterocycles. The van der Waals surface area contributed by atoms with Gasteiger partial charge in [0.25, 0.3) is 0 Å². The Hall–Kier alpha value is -2.21. The number of methoxy groups -OCH3 is 2. The fraction of sp³-hybridized carbons (Fsp3) is 0.654. The Bertz CT molecular complexity index is 876. The van der Waals surface area contributed by atoms with Gasteiger partial charge in [0, 0.05) is 0 Å². The third-order valence-electron chi connectivity index (χ3n) is 5.66. The van der Waals surface area contributed by atoms with E-state index in [-0.39, 0.29) is 18.3 Å². The van der Waals surface area contributed by atoms with Gasteiger partial charge in [0.2, 0.25) is 0 Å². The van der Waals surface area contributed by atoms with Crippen molar-refractivity contribution >= 4 is 14.4 Å². The van der Waals surface area contributed by atoms with Crippen LogP contribution in [0.25, 0.3) is 0 Å². The van der Waals surface area contributed by atoms with Crippen molar-refractivity contribution in [2.45, 2.75) is 84.3 Å². The maximum Gasteiger partial charge on any atom is 0.409 e. The van der Waals surface area contributed by atoms with Crippen molar-refractivity contribution in [1.29, 1.82) is 0 Å². The summed E-state index contributed by atoms with van der Waals surface area (Å²) in [5.74, 6) is 7.33. The molecule has 1 aromatic rings. The molecule has 8 heteroatoms. The van der Waals surface area contributed by atoms with Crippen LogP contribution in [0, 0.1) is 11.8 Å². The molecule has 0 aliphatic rings. The molecule has 0 radical (unpaired) electrons. The highest BCUT2D eigenvalue weighted by atomic mass is 28.4. The number of ether oxygens (including phenoxy) is 4. The van der Waals surface area contributed by atoms with E-state index in [1.165, 1.54) is 0 Å². The van der Waals surface area contributed by atoms with Crippen LogP contribution in [0.15, 0.2) is 18.2 Å². The smallest absolute Gasteiger partial charge is 0.409 e. The van der Waals surface area contributed by atoms with Gasteiger partial charge in [0.05, 0.1) is 34.0 Å². The van der Waals surface area contributed by atoms with Gasteiger partial charge < -0.3 is 28.7 Å². The van der Waals surface area contributed by atoms with E-state index in [4.69, 9.17) is 23.4 Å². The minimum absolute atomic E-state index is 0.00477. The number of carbonyl (C=O) groups excluding carboxylic acids is 1. The molecule has 1 rings (SSSR count). The average Bonchev–Trinajstić information content (AvgIpc) is 2.70. The van der Waals surface area contributed by atoms with Crippen molar-refractivity contribution in [2.75, 3.05) is 27.4 Å². The van der Waals surface area contributed by atoms with Gasteiger partial charge in [-0.25, -0.2) is 4.79 Å². The highest BCUT2D eigenvalue weighted by molar-refractivity contribution is 6.74. The Morgan fingerprint density at radius 1 is 1.00 bits per heavy atom. The second-order valence-electron chi connectivity index (χ2n) is 10.8. The Balaban J connectivity index is 3.13. The molecule has 34 heavy (non-hydrogen) atoms. The first kappa shape index (κ1) is 29.8. The zero-order valence-corrected chi connectivity index (χ0v) is 23.8. The second-order valence-corrected chi connectivity index (χ2v) is 15.6. The van der Waals surface area contributed by atoms with Gasteiger partial charge in [-0.15, -0.1) is 5.92 Å². The van der Waals surface area contributed by atoms with Crippen molar-refractivity contribution < 1.29 is 28.2 Å². The fourth-order valence-corrected chi connectivity index (χ4v) is 3.83. The molecule has 0 heterocycles. The van der Waals surface area contributed by atoms with Gasteiger partial charge in [0.1, 0.15) is 11.1 Å². The summed E-state index contributed by atoms with van der Waals surface area (Å²) in [6, 6.07) is 5.59. The molecular weight excluding hydrogens is 450 g/mol. The first-order valence-electron chi connectivity index (χ1n) is 11.5. The highest BCUT2D eigenvalue weighted by Gasteiger charge is 2.41. The highest BCUT2D eigenvalue weighted by Crippen LogP contribution is 2.37. The monoisotopic (exact) mass is 493 g/mol. The number of carbonyl (C=O) groups is 1. The van der Waals surface area contributed by atoms with E-state index in [0.29, 0.717) is 18.1 Å². The summed E-state index contributed by atoms with van der Waals surface area (Å²) >= 11 is 0. The van der Waals surface area contributed by atoms with Crippen molar-refractivity contribution in [1.82, 2.24) is 5.32 Å². The van der Waals surface area contributed by atoms with Crippen molar-refractivity contribution in [3.8, 4) is 23.3 Å². The molecule has 1 atom stereocenters. The minimum atomic E-state index is -2.11. The molecule has 1 N–H and O–H groups in total. The summed E-state index contributed by atoms with van der Waals surface area (Å²) in [6.07, 6.45) is -0.566. The third-order valence-corrected chi connectivity index (χ3v) is 10.1. The summed E-state index contributed by atoms with van der Waals surface area (Å²) < 4.78 is 28.7. The third kappa shape index (κ3) is 9.20. The lowest BCUT2D eigenvalue weighted by Crippen LogP contribution is -2.57. The maximum atomic E-state index is 12.7. The van der Waals surface area contributed by atoms with Gasteiger partial charge >= 0.3 is 6.09 Å². The quantitative estimate of drug-likeness (QED) is 0.341. The van der Waals surface area contributed by atoms with Crippen LogP contribution in [0.2, 0.25) is 18.1 Å². The minimum Gasteiger partial charge on any atom is -0.493 e. The van der Waals surface area contributed by atoms with Gasteiger partial charge in [-0.2, -0.15) is 0 Å². The van der Waals surface area contributed by atoms with E-state index in [1.807, 2.05) is 39.0 Å². The van der Waals surface area contributed by atoms with Crippen LogP contribution in [0.3, 0.4) is 0 Å². The van der Waals surface area contributed by atoms with E-state index in [0.717, 1.165) is 5.56 Å². The first-order chi connectivity index (χ1) is 15.6. The van der Waals surface area contributed by atoms with Crippen molar-refractivity contribution in [3.05, 3.63) is 23.8 Å². The van der Waals surface area contributed by atoms with E-state index in [9.17, 15) is 4.79 Å². The van der Waals surface area contributed by atoms with Crippen molar-refractivity contribution in [2.24, 2.45) is 0 Å². The standard InChI is InChI=1S/C26H43NO6Si/c1-12-15-26(27-23(28)33-24(2,3)4,19-32-34(10,11)25(5,6)7)18-31-17-20-13-14-21(29-8)22(16-20)30-9/h13-14,16H,17-19H2,1-11H3,(H,27,28)/t26-/m0/s1. The normalized spacial score (nSPS) is 13.9. The number of hydrogen-bond donors (Lipinski definition) is 1. The SMILES string of the molecule is CC#C[C@](COCc1ccc(OC)c(OC)c1)(CO[Si](C)(C)C(C)(C)C)NC(=O)OC(C)(C)C. The topological polar surface area (TPSA) is 75.3 Å². The molecule has 192 valence electrons. The number of rotatable bonds is 10. The average molecular weight is 494 g/mol. The molecule has 0 fully saturated rings. The van der Waals surface area contributed by atoms with E-state index < -0.39 is 25.6 Å². The molecule has 0 saturated carbocycles. The summed E-state index contributed by atoms with van der Waals surface area (Å²) in [6.45, 7) is 18.6. The molecule has 0 aliphatic heterocycles. The summed E-state index contributed by atoms with van der Waals surface area (Å²) in [5, 5.41) is 2.94. The number of benzene rings is 1. The number of alkyl carbamates (subject to hydrolysis) is 1. The molecule has 0 unspecified atom stereocenters. The zero-order chi connectivity index (χ0) is 26.2. The zero-order valence-electron chi connectivity index (χ0n) is 22.8. The Morgan fingerprint density at radius 3 is 2.12 bits per heavy atom. The Kier molecular flexibility index (Phi) is 10.5. The largest absolute Gasteiger partial charge is 0.493 e. The van der Waals surface area contributed by atoms with Gasteiger partial charge in [-0.05, 0) is 63.5 Å². The number of hydrogen-bond acceptors (Lipinski definition) is 6. The fourth-order valence-electron chi connectivity index (χ4n) is 2.79. The molecule has 0 aliphatic carbocycles. The lowest BCUT2D eigenvalue weighted by Gasteiger charge is -2.39. The van der Waals surface area contributed by atoms with Gasteiger partial charge in [-0.3, -0.25) is 0 Å². The predicted molar refractivity (Wildman–Crippen MR) is 138 cm³/mol. The van der Waals surface area contributed by atoms with Crippen LogP contribution >= 0.6 is 0 Å². The first-order valence-corrected chi connectivity index (χ1v) is 14.4. The van der Waals surface area contributed by atoms with Crippen LogP contribution in [0.1, 0.15) is 54.0 Å². The van der Waals surface area contributed by atoms with Crippen LogP contribution in [0.4, 0.5) is 4.79 Å². The molecule has 0 aromatic heterocycles. The Labute approximate surface area is 207 Å². The van der Waals surface area contributed by atoms with Crippen molar-refractivity contribution in [3.63, 3.8) is 0 Å². The van der Waals surface area contributed by atoms with Crippen LogP contribution in [0.5, 0.6) is 11.5 Å². The van der Waals surface area contributed by atoms with E-state index in [2.05, 4.69) is 51.0 Å². The summed E-state index contributed by atoms with van der Waals surface area (Å²) in [5.41, 5.74) is -0.807. The molecule has 0 bridgehead atoms. The molecule has 0 spiro atoms. The molecular formula is C26H43NO6Si. The summed E-state index contributed by atoms with van der Waals surface area (Å²) in [7, 11) is 1.07. The predicted octanol–water partition coefficient (Wildman–Crippen LogP) is 5.53. The number of amides is 1. The second kappa shape index (κ2) is 12.0. The van der Waals surface area contributed by atoms with Crippen LogP contribution in [-0.4, -0.2) is 53.0 Å². The lowest BCUT2D eigenvalue weighted by molar-refractivity contribution is 0.0253. The maximum absolute atomic E-state index is 12.7. The van der Waals surface area contributed by atoms with Crippen LogP contribution < -0.4 is 14.8 Å². The van der Waals surface area contributed by atoms with E-state index >= 15 is 0 Å². The van der Waals surface area contributed by atoms with Crippen LogP contribution in [-0.2, 0) is 20.5 Å². The molecule has 1 amide bonds. The van der Waals surface area contributed by atoms with E-state index in [1.54, 1.807) is 21.1 Å².